The molecule has 1 heterocycles. The molecule has 0 spiro atoms. The molecule has 0 amide bonds. The SMILES string of the molecule is COc1ccc(CC(C)O)nc1. The van der Waals surface area contributed by atoms with E-state index in [9.17, 15) is 0 Å². The van der Waals surface area contributed by atoms with E-state index in [1.54, 1.807) is 20.2 Å². The van der Waals surface area contributed by atoms with Gasteiger partial charge in [-0.25, -0.2) is 0 Å². The van der Waals surface area contributed by atoms with Crippen LogP contribution in [0.15, 0.2) is 18.3 Å². The number of methoxy groups -OCH3 is 1. The van der Waals surface area contributed by atoms with Crippen LogP contribution in [0.3, 0.4) is 0 Å². The topological polar surface area (TPSA) is 42.4 Å². The summed E-state index contributed by atoms with van der Waals surface area (Å²) in [7, 11) is 1.60. The lowest BCUT2D eigenvalue weighted by molar-refractivity contribution is 0.194. The molecule has 1 unspecified atom stereocenters. The number of hydrogen-bond acceptors (Lipinski definition) is 3. The normalized spacial score (nSPS) is 12.6. The van der Waals surface area contributed by atoms with Crippen LogP contribution < -0.4 is 4.74 Å². The van der Waals surface area contributed by atoms with Gasteiger partial charge in [-0.2, -0.15) is 0 Å². The van der Waals surface area contributed by atoms with Gasteiger partial charge >= 0.3 is 0 Å². The van der Waals surface area contributed by atoms with Gasteiger partial charge in [-0.3, -0.25) is 4.98 Å². The lowest BCUT2D eigenvalue weighted by Gasteiger charge is -2.03. The number of aliphatic hydroxyl groups is 1. The van der Waals surface area contributed by atoms with Crippen molar-refractivity contribution in [3.63, 3.8) is 0 Å². The van der Waals surface area contributed by atoms with Crippen molar-refractivity contribution in [3.8, 4) is 5.75 Å². The second-order valence-corrected chi connectivity index (χ2v) is 2.74. The van der Waals surface area contributed by atoms with Crippen LogP contribution in [0.25, 0.3) is 0 Å². The summed E-state index contributed by atoms with van der Waals surface area (Å²) in [5.74, 6) is 0.740. The zero-order valence-electron chi connectivity index (χ0n) is 7.32. The van der Waals surface area contributed by atoms with E-state index in [0.29, 0.717) is 6.42 Å². The Morgan fingerprint density at radius 2 is 2.33 bits per heavy atom. The Morgan fingerprint density at radius 1 is 1.58 bits per heavy atom. The average molecular weight is 167 g/mol. The molecule has 66 valence electrons. The summed E-state index contributed by atoms with van der Waals surface area (Å²) in [6.45, 7) is 1.74. The van der Waals surface area contributed by atoms with Crippen molar-refractivity contribution in [3.05, 3.63) is 24.0 Å². The highest BCUT2D eigenvalue weighted by atomic mass is 16.5. The van der Waals surface area contributed by atoms with Crippen LogP contribution in [-0.2, 0) is 6.42 Å². The third-order valence-corrected chi connectivity index (χ3v) is 1.54. The first-order chi connectivity index (χ1) is 5.72. The quantitative estimate of drug-likeness (QED) is 0.730. The molecule has 0 saturated carbocycles. The molecule has 0 aliphatic rings. The molecule has 0 bridgehead atoms. The summed E-state index contributed by atoms with van der Waals surface area (Å²) < 4.78 is 4.95. The van der Waals surface area contributed by atoms with E-state index in [1.165, 1.54) is 0 Å². The van der Waals surface area contributed by atoms with E-state index in [4.69, 9.17) is 9.84 Å². The van der Waals surface area contributed by atoms with Crippen molar-refractivity contribution in [2.75, 3.05) is 7.11 Å². The zero-order chi connectivity index (χ0) is 8.97. The molecule has 1 aromatic rings. The number of aromatic nitrogens is 1. The fraction of sp³-hybridized carbons (Fsp3) is 0.444. The van der Waals surface area contributed by atoms with Crippen molar-refractivity contribution < 1.29 is 9.84 Å². The van der Waals surface area contributed by atoms with Gasteiger partial charge in [-0.15, -0.1) is 0 Å². The van der Waals surface area contributed by atoms with Crippen molar-refractivity contribution in [1.82, 2.24) is 4.98 Å². The predicted molar refractivity (Wildman–Crippen MR) is 46.2 cm³/mol. The Bertz CT molecular complexity index is 231. The molecule has 1 aromatic heterocycles. The standard InChI is InChI=1S/C9H13NO2/c1-7(11)5-8-3-4-9(12-2)6-10-8/h3-4,6-7,11H,5H2,1-2H3. The molecule has 0 fully saturated rings. The summed E-state index contributed by atoms with van der Waals surface area (Å²) in [6.07, 6.45) is 1.90. The fourth-order valence-corrected chi connectivity index (χ4v) is 0.955. The maximum atomic E-state index is 9.06. The Labute approximate surface area is 72.0 Å². The largest absolute Gasteiger partial charge is 0.495 e. The molecule has 0 radical (unpaired) electrons. The van der Waals surface area contributed by atoms with Gasteiger partial charge < -0.3 is 9.84 Å². The Morgan fingerprint density at radius 3 is 2.75 bits per heavy atom. The summed E-state index contributed by atoms with van der Waals surface area (Å²) >= 11 is 0. The lowest BCUT2D eigenvalue weighted by Crippen LogP contribution is -2.05. The van der Waals surface area contributed by atoms with E-state index in [2.05, 4.69) is 4.98 Å². The van der Waals surface area contributed by atoms with E-state index in [0.717, 1.165) is 11.4 Å². The fourth-order valence-electron chi connectivity index (χ4n) is 0.955. The molecule has 1 atom stereocenters. The van der Waals surface area contributed by atoms with Gasteiger partial charge in [-0.1, -0.05) is 0 Å². The Balaban J connectivity index is 2.65. The number of ether oxygens (including phenoxy) is 1. The van der Waals surface area contributed by atoms with Gasteiger partial charge in [0.15, 0.2) is 0 Å². The lowest BCUT2D eigenvalue weighted by atomic mass is 10.2. The number of pyridine rings is 1. The molecule has 12 heavy (non-hydrogen) atoms. The molecule has 0 aromatic carbocycles. The summed E-state index contributed by atoms with van der Waals surface area (Å²) in [6, 6.07) is 3.69. The van der Waals surface area contributed by atoms with Gasteiger partial charge in [0.1, 0.15) is 5.75 Å². The van der Waals surface area contributed by atoms with Gasteiger partial charge in [0.2, 0.25) is 0 Å². The number of hydrogen-bond donors (Lipinski definition) is 1. The first-order valence-electron chi connectivity index (χ1n) is 3.89. The number of aliphatic hydroxyl groups excluding tert-OH is 1. The van der Waals surface area contributed by atoms with Crippen LogP contribution >= 0.6 is 0 Å². The van der Waals surface area contributed by atoms with Gasteiger partial charge in [0, 0.05) is 12.1 Å². The summed E-state index contributed by atoms with van der Waals surface area (Å²) in [5, 5.41) is 9.06. The molecule has 3 nitrogen and oxygen atoms in total. The van der Waals surface area contributed by atoms with E-state index >= 15 is 0 Å². The smallest absolute Gasteiger partial charge is 0.137 e. The number of nitrogens with zero attached hydrogens (tertiary/aromatic N) is 1. The minimum atomic E-state index is -0.342. The van der Waals surface area contributed by atoms with Crippen LogP contribution in [0.5, 0.6) is 5.75 Å². The second-order valence-electron chi connectivity index (χ2n) is 2.74. The Hall–Kier alpha value is -1.09. The third-order valence-electron chi connectivity index (χ3n) is 1.54. The monoisotopic (exact) mass is 167 g/mol. The van der Waals surface area contributed by atoms with Crippen LogP contribution in [0.2, 0.25) is 0 Å². The average Bonchev–Trinajstić information content (AvgIpc) is 2.05. The minimum Gasteiger partial charge on any atom is -0.495 e. The van der Waals surface area contributed by atoms with Gasteiger partial charge in [0.25, 0.3) is 0 Å². The predicted octanol–water partition coefficient (Wildman–Crippen LogP) is 1.01. The van der Waals surface area contributed by atoms with Crippen molar-refractivity contribution in [2.24, 2.45) is 0 Å². The first-order valence-corrected chi connectivity index (χ1v) is 3.89. The highest BCUT2D eigenvalue weighted by Crippen LogP contribution is 2.08. The van der Waals surface area contributed by atoms with Crippen molar-refractivity contribution in [2.45, 2.75) is 19.4 Å². The molecule has 3 heteroatoms. The van der Waals surface area contributed by atoms with E-state index in [1.807, 2.05) is 12.1 Å². The maximum absolute atomic E-state index is 9.06. The molecular weight excluding hydrogens is 154 g/mol. The van der Waals surface area contributed by atoms with Gasteiger partial charge in [-0.05, 0) is 19.1 Å². The molecule has 0 aliphatic carbocycles. The molecule has 0 aliphatic heterocycles. The third kappa shape index (κ3) is 2.51. The first kappa shape index (κ1) is 9.00. The van der Waals surface area contributed by atoms with Crippen LogP contribution in [0.4, 0.5) is 0 Å². The van der Waals surface area contributed by atoms with Gasteiger partial charge in [0.05, 0.1) is 19.4 Å². The minimum absolute atomic E-state index is 0.342. The molecule has 0 saturated heterocycles. The summed E-state index contributed by atoms with van der Waals surface area (Å²) in [5.41, 5.74) is 0.880. The Kier molecular flexibility index (Phi) is 3.05. The molecule has 1 N–H and O–H groups in total. The van der Waals surface area contributed by atoms with E-state index < -0.39 is 0 Å². The van der Waals surface area contributed by atoms with Crippen LogP contribution in [0, 0.1) is 0 Å². The molecule has 1 rings (SSSR count). The van der Waals surface area contributed by atoms with Crippen LogP contribution in [-0.4, -0.2) is 23.3 Å². The molecular formula is C9H13NO2. The van der Waals surface area contributed by atoms with Crippen molar-refractivity contribution >= 4 is 0 Å². The highest BCUT2D eigenvalue weighted by molar-refractivity contribution is 5.19. The summed E-state index contributed by atoms with van der Waals surface area (Å²) in [4.78, 5) is 4.10. The highest BCUT2D eigenvalue weighted by Gasteiger charge is 1.99. The number of rotatable bonds is 3. The van der Waals surface area contributed by atoms with E-state index in [-0.39, 0.29) is 6.10 Å². The maximum Gasteiger partial charge on any atom is 0.137 e. The zero-order valence-corrected chi connectivity index (χ0v) is 7.32. The van der Waals surface area contributed by atoms with Crippen LogP contribution in [0.1, 0.15) is 12.6 Å². The second kappa shape index (κ2) is 4.07. The van der Waals surface area contributed by atoms with Crippen molar-refractivity contribution in [1.29, 1.82) is 0 Å².